The molecule has 2 aromatic heterocycles. The minimum absolute atomic E-state index is 0.562. The van der Waals surface area contributed by atoms with Crippen LogP contribution in [0.2, 0.25) is 0 Å². The molecule has 12 heavy (non-hydrogen) atoms. The Morgan fingerprint density at radius 2 is 2.17 bits per heavy atom. The molecule has 0 aliphatic rings. The van der Waals surface area contributed by atoms with Gasteiger partial charge < -0.3 is 4.42 Å². The molecule has 0 bridgehead atoms. The summed E-state index contributed by atoms with van der Waals surface area (Å²) in [6.07, 6.45) is 0. The first kappa shape index (κ1) is 7.42. The van der Waals surface area contributed by atoms with E-state index in [9.17, 15) is 0 Å². The number of nitrogens with zero attached hydrogens (tertiary/aromatic N) is 3. The average molecular weight is 181 g/mol. The minimum atomic E-state index is 0.562. The van der Waals surface area contributed by atoms with Crippen molar-refractivity contribution >= 4 is 11.3 Å². The SMILES string of the molecule is Cc1nnc(-c2scnc2C)o1. The first-order valence-corrected chi connectivity index (χ1v) is 4.36. The molecule has 0 aromatic carbocycles. The molecule has 0 N–H and O–H groups in total. The molecule has 0 aliphatic carbocycles. The molecular formula is C7H7N3OS. The summed E-state index contributed by atoms with van der Waals surface area (Å²) < 4.78 is 5.26. The molecule has 2 rings (SSSR count). The molecule has 2 heterocycles. The van der Waals surface area contributed by atoms with Crippen molar-refractivity contribution in [3.63, 3.8) is 0 Å². The monoisotopic (exact) mass is 181 g/mol. The summed E-state index contributed by atoms with van der Waals surface area (Å²) in [6, 6.07) is 0. The molecule has 2 aromatic rings. The van der Waals surface area contributed by atoms with Gasteiger partial charge in [0, 0.05) is 6.92 Å². The van der Waals surface area contributed by atoms with Crippen LogP contribution in [0.4, 0.5) is 0 Å². The zero-order chi connectivity index (χ0) is 8.55. The van der Waals surface area contributed by atoms with Crippen LogP contribution >= 0.6 is 11.3 Å². The number of thiazole rings is 1. The van der Waals surface area contributed by atoms with Crippen molar-refractivity contribution < 1.29 is 4.42 Å². The van der Waals surface area contributed by atoms with E-state index in [0.29, 0.717) is 11.8 Å². The number of rotatable bonds is 1. The third-order valence-electron chi connectivity index (χ3n) is 1.47. The minimum Gasteiger partial charge on any atom is -0.420 e. The second-order valence-electron chi connectivity index (χ2n) is 2.39. The van der Waals surface area contributed by atoms with E-state index in [1.54, 1.807) is 12.4 Å². The second kappa shape index (κ2) is 2.67. The highest BCUT2D eigenvalue weighted by Gasteiger charge is 2.10. The van der Waals surface area contributed by atoms with Crippen molar-refractivity contribution in [2.45, 2.75) is 13.8 Å². The molecule has 0 spiro atoms. The van der Waals surface area contributed by atoms with E-state index < -0.39 is 0 Å². The van der Waals surface area contributed by atoms with Crippen LogP contribution in [-0.2, 0) is 0 Å². The summed E-state index contributed by atoms with van der Waals surface area (Å²) in [7, 11) is 0. The van der Waals surface area contributed by atoms with Gasteiger partial charge in [0.1, 0.15) is 4.88 Å². The first-order chi connectivity index (χ1) is 5.77. The van der Waals surface area contributed by atoms with Crippen LogP contribution in [0.5, 0.6) is 0 Å². The number of aromatic nitrogens is 3. The van der Waals surface area contributed by atoms with Gasteiger partial charge in [-0.05, 0) is 6.92 Å². The van der Waals surface area contributed by atoms with Gasteiger partial charge in [0.25, 0.3) is 5.89 Å². The topological polar surface area (TPSA) is 51.8 Å². The van der Waals surface area contributed by atoms with Crippen molar-refractivity contribution in [1.29, 1.82) is 0 Å². The standard InChI is InChI=1S/C7H7N3OS/c1-4-6(12-3-8-4)7-10-9-5(2)11-7/h3H,1-2H3. The molecule has 0 saturated carbocycles. The summed E-state index contributed by atoms with van der Waals surface area (Å²) in [5.74, 6) is 1.14. The van der Waals surface area contributed by atoms with Gasteiger partial charge in [0.05, 0.1) is 11.2 Å². The molecule has 0 fully saturated rings. The number of hydrogen-bond acceptors (Lipinski definition) is 5. The molecule has 0 radical (unpaired) electrons. The Hall–Kier alpha value is -1.23. The van der Waals surface area contributed by atoms with E-state index >= 15 is 0 Å². The fourth-order valence-electron chi connectivity index (χ4n) is 0.896. The lowest BCUT2D eigenvalue weighted by molar-refractivity contribution is 0.533. The van der Waals surface area contributed by atoms with E-state index in [1.165, 1.54) is 11.3 Å². The van der Waals surface area contributed by atoms with Crippen LogP contribution in [0.3, 0.4) is 0 Å². The van der Waals surface area contributed by atoms with Gasteiger partial charge in [-0.3, -0.25) is 0 Å². The lowest BCUT2D eigenvalue weighted by Gasteiger charge is -1.87. The van der Waals surface area contributed by atoms with Crippen LogP contribution in [0.1, 0.15) is 11.6 Å². The molecule has 0 amide bonds. The van der Waals surface area contributed by atoms with Crippen LogP contribution in [0.15, 0.2) is 9.93 Å². The normalized spacial score (nSPS) is 10.5. The van der Waals surface area contributed by atoms with Crippen LogP contribution in [0, 0.1) is 13.8 Å². The van der Waals surface area contributed by atoms with E-state index in [-0.39, 0.29) is 0 Å². The number of hydrogen-bond donors (Lipinski definition) is 0. The lowest BCUT2D eigenvalue weighted by atomic mass is 10.4. The van der Waals surface area contributed by atoms with Gasteiger partial charge in [0.15, 0.2) is 0 Å². The summed E-state index contributed by atoms with van der Waals surface area (Å²) in [6.45, 7) is 3.69. The van der Waals surface area contributed by atoms with E-state index in [0.717, 1.165) is 10.6 Å². The maximum Gasteiger partial charge on any atom is 0.259 e. The Morgan fingerprint density at radius 1 is 1.33 bits per heavy atom. The number of aryl methyl sites for hydroxylation is 2. The first-order valence-electron chi connectivity index (χ1n) is 3.48. The molecule has 4 nitrogen and oxygen atoms in total. The molecule has 0 unspecified atom stereocenters. The average Bonchev–Trinajstić information content (AvgIpc) is 2.58. The van der Waals surface area contributed by atoms with Crippen molar-refractivity contribution in [3.05, 3.63) is 17.1 Å². The van der Waals surface area contributed by atoms with Crippen molar-refractivity contribution in [3.8, 4) is 10.8 Å². The van der Waals surface area contributed by atoms with Gasteiger partial charge >= 0.3 is 0 Å². The molecule has 62 valence electrons. The van der Waals surface area contributed by atoms with Crippen molar-refractivity contribution in [2.24, 2.45) is 0 Å². The zero-order valence-electron chi connectivity index (χ0n) is 6.74. The van der Waals surface area contributed by atoms with Gasteiger partial charge in [-0.1, -0.05) is 0 Å². The molecular weight excluding hydrogens is 174 g/mol. The van der Waals surface area contributed by atoms with E-state index in [2.05, 4.69) is 15.2 Å². The van der Waals surface area contributed by atoms with Gasteiger partial charge in [-0.25, -0.2) is 4.98 Å². The second-order valence-corrected chi connectivity index (χ2v) is 3.25. The Balaban J connectivity index is 2.50. The highest BCUT2D eigenvalue weighted by molar-refractivity contribution is 7.13. The summed E-state index contributed by atoms with van der Waals surface area (Å²) in [5.41, 5.74) is 2.70. The lowest BCUT2D eigenvalue weighted by Crippen LogP contribution is -1.76. The predicted octanol–water partition coefficient (Wildman–Crippen LogP) is 1.81. The highest BCUT2D eigenvalue weighted by Crippen LogP contribution is 2.25. The maximum atomic E-state index is 5.26. The smallest absolute Gasteiger partial charge is 0.259 e. The summed E-state index contributed by atoms with van der Waals surface area (Å²) in [4.78, 5) is 5.05. The van der Waals surface area contributed by atoms with E-state index in [1.807, 2.05) is 6.92 Å². The summed E-state index contributed by atoms with van der Waals surface area (Å²) >= 11 is 1.51. The van der Waals surface area contributed by atoms with Crippen LogP contribution in [-0.4, -0.2) is 15.2 Å². The van der Waals surface area contributed by atoms with Gasteiger partial charge in [-0.2, -0.15) is 0 Å². The Kier molecular flexibility index (Phi) is 1.65. The quantitative estimate of drug-likeness (QED) is 0.673. The van der Waals surface area contributed by atoms with Crippen molar-refractivity contribution in [2.75, 3.05) is 0 Å². The van der Waals surface area contributed by atoms with E-state index in [4.69, 9.17) is 4.42 Å². The largest absolute Gasteiger partial charge is 0.420 e. The molecule has 0 aliphatic heterocycles. The molecule has 0 atom stereocenters. The fourth-order valence-corrected chi connectivity index (χ4v) is 1.62. The zero-order valence-corrected chi connectivity index (χ0v) is 7.55. The van der Waals surface area contributed by atoms with Gasteiger partial charge in [0.2, 0.25) is 5.89 Å². The third kappa shape index (κ3) is 1.12. The van der Waals surface area contributed by atoms with Crippen LogP contribution in [0.25, 0.3) is 10.8 Å². The molecule has 0 saturated heterocycles. The predicted molar refractivity (Wildman–Crippen MR) is 44.9 cm³/mol. The fraction of sp³-hybridized carbons (Fsp3) is 0.286. The third-order valence-corrected chi connectivity index (χ3v) is 2.38. The summed E-state index contributed by atoms with van der Waals surface area (Å²) in [5, 5.41) is 7.65. The Labute approximate surface area is 73.3 Å². The maximum absolute atomic E-state index is 5.26. The Bertz CT molecular complexity index is 393. The highest BCUT2D eigenvalue weighted by atomic mass is 32.1. The van der Waals surface area contributed by atoms with Crippen molar-refractivity contribution in [1.82, 2.24) is 15.2 Å². The molecule has 5 heteroatoms. The Morgan fingerprint density at radius 3 is 2.67 bits per heavy atom. The van der Waals surface area contributed by atoms with Crippen LogP contribution < -0.4 is 0 Å². The van der Waals surface area contributed by atoms with Gasteiger partial charge in [-0.15, -0.1) is 21.5 Å².